The van der Waals surface area contributed by atoms with E-state index in [9.17, 15) is 15.0 Å². The van der Waals surface area contributed by atoms with Gasteiger partial charge in [-0.25, -0.2) is 19.7 Å². The molecule has 4 atom stereocenters. The molecule has 12 nitrogen and oxygen atoms in total. The third-order valence-corrected chi connectivity index (χ3v) is 6.37. The molecule has 1 saturated heterocycles. The predicted octanol–water partition coefficient (Wildman–Crippen LogP) is 1.74. The van der Waals surface area contributed by atoms with Gasteiger partial charge in [0.2, 0.25) is 0 Å². The summed E-state index contributed by atoms with van der Waals surface area (Å²) in [5.74, 6) is 0.564. The summed E-state index contributed by atoms with van der Waals surface area (Å²) in [6.07, 6.45) is -0.160. The zero-order chi connectivity index (χ0) is 26.6. The molecule has 0 bridgehead atoms. The first-order valence-electron chi connectivity index (χ1n) is 12.0. The van der Waals surface area contributed by atoms with Gasteiger partial charge in [-0.3, -0.25) is 4.57 Å². The highest BCUT2D eigenvalue weighted by atomic mass is 16.6. The van der Waals surface area contributed by atoms with Crippen LogP contribution in [0.1, 0.15) is 17.4 Å². The van der Waals surface area contributed by atoms with Crippen molar-refractivity contribution >= 4 is 23.0 Å². The van der Waals surface area contributed by atoms with Crippen molar-refractivity contribution in [1.29, 1.82) is 0 Å². The van der Waals surface area contributed by atoms with Crippen molar-refractivity contribution in [2.75, 3.05) is 19.0 Å². The zero-order valence-electron chi connectivity index (χ0n) is 20.6. The van der Waals surface area contributed by atoms with Crippen molar-refractivity contribution < 1.29 is 29.2 Å². The van der Waals surface area contributed by atoms with Gasteiger partial charge in [0, 0.05) is 6.54 Å². The number of aliphatic hydroxyl groups excluding tert-OH is 1. The quantitative estimate of drug-likeness (QED) is 0.240. The Morgan fingerprint density at radius 1 is 1.13 bits per heavy atom. The van der Waals surface area contributed by atoms with E-state index in [1.807, 2.05) is 48.5 Å². The first-order chi connectivity index (χ1) is 18.5. The van der Waals surface area contributed by atoms with Crippen LogP contribution in [0.5, 0.6) is 11.5 Å². The van der Waals surface area contributed by atoms with E-state index < -0.39 is 30.4 Å². The molecule has 4 unspecified atom stereocenters. The van der Waals surface area contributed by atoms with E-state index in [0.717, 1.165) is 11.1 Å². The zero-order valence-corrected chi connectivity index (χ0v) is 20.6. The lowest BCUT2D eigenvalue weighted by molar-refractivity contribution is -0.152. The molecule has 2 aromatic heterocycles. The van der Waals surface area contributed by atoms with Crippen molar-refractivity contribution in [3.05, 3.63) is 72.3 Å². The fourth-order valence-corrected chi connectivity index (χ4v) is 4.36. The highest BCUT2D eigenvalue weighted by Gasteiger charge is 2.46. The minimum atomic E-state index is -1.34. The average molecular weight is 521 g/mol. The number of aliphatic hydroxyl groups is 1. The van der Waals surface area contributed by atoms with E-state index in [1.165, 1.54) is 17.2 Å². The fraction of sp³-hybridized carbons (Fsp3) is 0.308. The Labute approximate surface area is 218 Å². The summed E-state index contributed by atoms with van der Waals surface area (Å²) >= 11 is 0. The Balaban J connectivity index is 1.26. The molecule has 0 radical (unpaired) electrons. The molecule has 5 rings (SSSR count). The van der Waals surface area contributed by atoms with E-state index >= 15 is 0 Å². The van der Waals surface area contributed by atoms with Gasteiger partial charge in [0.25, 0.3) is 0 Å². The minimum absolute atomic E-state index is 0.380. The second-order valence-corrected chi connectivity index (χ2v) is 8.84. The highest BCUT2D eigenvalue weighted by Crippen LogP contribution is 2.32. The molecule has 0 aliphatic carbocycles. The van der Waals surface area contributed by atoms with E-state index in [-0.39, 0.29) is 0 Å². The lowest BCUT2D eigenvalue weighted by atomic mass is 10.1. The Kier molecular flexibility index (Phi) is 7.36. The summed E-state index contributed by atoms with van der Waals surface area (Å²) in [7, 11) is 1.61. The Morgan fingerprint density at radius 2 is 1.95 bits per heavy atom. The fourth-order valence-electron chi connectivity index (χ4n) is 4.36. The molecular formula is C26H28N6O6. The standard InChI is InChI=1S/C26H28N6O6/c1-36-17-8-7-15(11-18(17)37-12-16-5-3-2-4-6-16)9-10-28-23-20-24(30-13-29-23)32(14-31-20)25-21(33)19(27)22(38-25)26(34)35/h2-8,11,13-14,19,21-22,25,33H,9-10,12,27H2,1H3,(H,34,35)(H,28,29,30). The Morgan fingerprint density at radius 3 is 2.68 bits per heavy atom. The summed E-state index contributed by atoms with van der Waals surface area (Å²) < 4.78 is 18.4. The van der Waals surface area contributed by atoms with Gasteiger partial charge in [0.05, 0.1) is 19.5 Å². The number of carboxylic acid groups (broad SMARTS) is 1. The molecule has 198 valence electrons. The van der Waals surface area contributed by atoms with E-state index in [0.29, 0.717) is 48.1 Å². The van der Waals surface area contributed by atoms with Crippen LogP contribution in [-0.2, 0) is 22.6 Å². The largest absolute Gasteiger partial charge is 0.493 e. The molecule has 0 spiro atoms. The van der Waals surface area contributed by atoms with Crippen LogP contribution in [0, 0.1) is 0 Å². The van der Waals surface area contributed by atoms with Crippen LogP contribution in [0.4, 0.5) is 5.82 Å². The van der Waals surface area contributed by atoms with Crippen LogP contribution in [0.25, 0.3) is 11.2 Å². The molecule has 0 amide bonds. The van der Waals surface area contributed by atoms with Gasteiger partial charge in [0.15, 0.2) is 40.8 Å². The van der Waals surface area contributed by atoms with Crippen LogP contribution in [-0.4, -0.2) is 67.6 Å². The maximum absolute atomic E-state index is 11.4. The van der Waals surface area contributed by atoms with Crippen LogP contribution < -0.4 is 20.5 Å². The van der Waals surface area contributed by atoms with Crippen molar-refractivity contribution in [2.45, 2.75) is 37.5 Å². The summed E-state index contributed by atoms with van der Waals surface area (Å²) in [5, 5.41) is 23.0. The summed E-state index contributed by atoms with van der Waals surface area (Å²) in [4.78, 5) is 24.3. The number of aromatic nitrogens is 4. The Hall–Kier alpha value is -4.26. The van der Waals surface area contributed by atoms with E-state index in [1.54, 1.807) is 7.11 Å². The van der Waals surface area contributed by atoms with Gasteiger partial charge in [-0.2, -0.15) is 0 Å². The number of anilines is 1. The number of benzene rings is 2. The van der Waals surface area contributed by atoms with Crippen molar-refractivity contribution in [3.8, 4) is 11.5 Å². The molecule has 0 saturated carbocycles. The minimum Gasteiger partial charge on any atom is -0.493 e. The second-order valence-electron chi connectivity index (χ2n) is 8.84. The molecule has 38 heavy (non-hydrogen) atoms. The lowest BCUT2D eigenvalue weighted by Crippen LogP contribution is -2.43. The number of carbonyl (C=O) groups is 1. The highest BCUT2D eigenvalue weighted by molar-refractivity contribution is 5.82. The first kappa shape index (κ1) is 25.4. The van der Waals surface area contributed by atoms with Crippen LogP contribution in [0.2, 0.25) is 0 Å². The van der Waals surface area contributed by atoms with Crippen LogP contribution in [0.15, 0.2) is 61.2 Å². The summed E-state index contributed by atoms with van der Waals surface area (Å²) in [6.45, 7) is 0.968. The number of ether oxygens (including phenoxy) is 3. The predicted molar refractivity (Wildman–Crippen MR) is 137 cm³/mol. The number of nitrogens with one attached hydrogen (secondary N) is 1. The van der Waals surface area contributed by atoms with Gasteiger partial charge in [-0.05, 0) is 29.7 Å². The topological polar surface area (TPSA) is 167 Å². The second kappa shape index (κ2) is 11.0. The van der Waals surface area contributed by atoms with E-state index in [4.69, 9.17) is 19.9 Å². The normalized spacial score (nSPS) is 20.9. The van der Waals surface area contributed by atoms with Gasteiger partial charge < -0.3 is 35.5 Å². The van der Waals surface area contributed by atoms with Gasteiger partial charge >= 0.3 is 5.97 Å². The molecule has 5 N–H and O–H groups in total. The Bertz CT molecular complexity index is 1410. The molecule has 4 aromatic rings. The number of imidazole rings is 1. The lowest BCUT2D eigenvalue weighted by Gasteiger charge is -2.16. The van der Waals surface area contributed by atoms with Crippen LogP contribution >= 0.6 is 0 Å². The molecule has 1 aliphatic rings. The number of fused-ring (bicyclic) bond motifs is 1. The molecule has 3 heterocycles. The number of hydrogen-bond donors (Lipinski definition) is 4. The van der Waals surface area contributed by atoms with Crippen molar-refractivity contribution in [2.24, 2.45) is 5.73 Å². The monoisotopic (exact) mass is 520 g/mol. The van der Waals surface area contributed by atoms with E-state index in [2.05, 4.69) is 20.3 Å². The molecule has 2 aromatic carbocycles. The third-order valence-electron chi connectivity index (χ3n) is 6.37. The maximum atomic E-state index is 11.4. The molecular weight excluding hydrogens is 492 g/mol. The number of rotatable bonds is 10. The van der Waals surface area contributed by atoms with Gasteiger partial charge in [-0.15, -0.1) is 0 Å². The average Bonchev–Trinajstić information content (AvgIpc) is 3.49. The molecule has 1 aliphatic heterocycles. The first-order valence-corrected chi connectivity index (χ1v) is 12.0. The number of hydrogen-bond acceptors (Lipinski definition) is 10. The number of carboxylic acids is 1. The molecule has 1 fully saturated rings. The smallest absolute Gasteiger partial charge is 0.334 e. The third kappa shape index (κ3) is 5.09. The van der Waals surface area contributed by atoms with Crippen LogP contribution in [0.3, 0.4) is 0 Å². The maximum Gasteiger partial charge on any atom is 0.334 e. The summed E-state index contributed by atoms with van der Waals surface area (Å²) in [5.41, 5.74) is 8.77. The SMILES string of the molecule is COc1ccc(CCNc2ncnc3c2ncn3C2OC(C(=O)O)C(N)C2O)cc1OCc1ccccc1. The van der Waals surface area contributed by atoms with Gasteiger partial charge in [-0.1, -0.05) is 36.4 Å². The van der Waals surface area contributed by atoms with Crippen molar-refractivity contribution in [1.82, 2.24) is 19.5 Å². The number of aliphatic carboxylic acids is 1. The van der Waals surface area contributed by atoms with Crippen molar-refractivity contribution in [3.63, 3.8) is 0 Å². The summed E-state index contributed by atoms with van der Waals surface area (Å²) in [6, 6.07) is 14.6. The number of methoxy groups -OCH3 is 1. The number of nitrogens with zero attached hydrogens (tertiary/aromatic N) is 4. The molecule has 12 heteroatoms. The van der Waals surface area contributed by atoms with Gasteiger partial charge in [0.1, 0.15) is 19.0 Å². The number of nitrogens with two attached hydrogens (primary N) is 1.